The highest BCUT2D eigenvalue weighted by molar-refractivity contribution is 5.43. The highest BCUT2D eigenvalue weighted by Gasteiger charge is 2.40. The summed E-state index contributed by atoms with van der Waals surface area (Å²) >= 11 is 0. The molecule has 4 rings (SSSR count). The van der Waals surface area contributed by atoms with Gasteiger partial charge in [-0.15, -0.1) is 0 Å². The molecule has 6 nitrogen and oxygen atoms in total. The normalized spacial score (nSPS) is 20.2. The minimum atomic E-state index is -4.19. The summed E-state index contributed by atoms with van der Waals surface area (Å²) in [6.07, 6.45) is -6.71. The monoisotopic (exact) mass is 562 g/mol. The number of benzene rings is 2. The van der Waals surface area contributed by atoms with Crippen LogP contribution in [0.4, 0.5) is 37.7 Å². The van der Waals surface area contributed by atoms with E-state index in [1.54, 1.807) is 37.4 Å². The molecular formula is C27H36F6N4O2. The predicted molar refractivity (Wildman–Crippen MR) is 138 cm³/mol. The molecule has 0 bridgehead atoms. The number of nitrogen functional groups attached to an aromatic ring is 2. The van der Waals surface area contributed by atoms with E-state index in [2.05, 4.69) is 0 Å². The first kappa shape index (κ1) is 31.0. The molecule has 0 amide bonds. The van der Waals surface area contributed by atoms with Crippen molar-refractivity contribution in [3.63, 3.8) is 0 Å². The molecule has 218 valence electrons. The summed E-state index contributed by atoms with van der Waals surface area (Å²) in [6.45, 7) is -0.594. The summed E-state index contributed by atoms with van der Waals surface area (Å²) in [5.41, 5.74) is 12.6. The van der Waals surface area contributed by atoms with E-state index in [9.17, 15) is 31.4 Å². The molecule has 2 saturated heterocycles. The van der Waals surface area contributed by atoms with Crippen molar-refractivity contribution in [1.82, 2.24) is 9.80 Å². The first-order chi connectivity index (χ1) is 18.1. The summed E-state index contributed by atoms with van der Waals surface area (Å²) in [5, 5.41) is 10.5. The van der Waals surface area contributed by atoms with E-state index in [0.29, 0.717) is 42.9 Å². The average molecular weight is 563 g/mol. The van der Waals surface area contributed by atoms with Crippen molar-refractivity contribution >= 4 is 11.4 Å². The van der Waals surface area contributed by atoms with E-state index in [1.165, 1.54) is 9.80 Å². The average Bonchev–Trinajstić information content (AvgIpc) is 2.85. The molecule has 2 aliphatic heterocycles. The van der Waals surface area contributed by atoms with Gasteiger partial charge in [-0.1, -0.05) is 24.3 Å². The molecule has 2 fully saturated rings. The van der Waals surface area contributed by atoms with Crippen LogP contribution in [0.25, 0.3) is 0 Å². The van der Waals surface area contributed by atoms with E-state index in [4.69, 9.17) is 16.2 Å². The number of ether oxygens (including phenoxy) is 1. The summed E-state index contributed by atoms with van der Waals surface area (Å²) in [7, 11) is 1.60. The van der Waals surface area contributed by atoms with Crippen LogP contribution in [0.5, 0.6) is 0 Å². The smallest absolute Gasteiger partial charge is 0.399 e. The van der Waals surface area contributed by atoms with Gasteiger partial charge in [-0.05, 0) is 61.1 Å². The molecule has 12 heteroatoms. The molecule has 0 aromatic heterocycles. The van der Waals surface area contributed by atoms with Gasteiger partial charge in [-0.25, -0.2) is 0 Å². The lowest BCUT2D eigenvalue weighted by atomic mass is 9.84. The molecule has 2 heterocycles. The van der Waals surface area contributed by atoms with Gasteiger partial charge in [-0.2, -0.15) is 26.3 Å². The molecule has 2 aromatic carbocycles. The van der Waals surface area contributed by atoms with Gasteiger partial charge < -0.3 is 21.3 Å². The second-order valence-electron chi connectivity index (χ2n) is 10.3. The number of aliphatic hydroxyl groups is 1. The third-order valence-corrected chi connectivity index (χ3v) is 7.38. The van der Waals surface area contributed by atoms with Gasteiger partial charge in [0.05, 0.1) is 24.3 Å². The number of piperidine rings is 2. The maximum atomic E-state index is 12.4. The van der Waals surface area contributed by atoms with Crippen LogP contribution < -0.4 is 11.5 Å². The van der Waals surface area contributed by atoms with Gasteiger partial charge in [0.15, 0.2) is 0 Å². The fourth-order valence-electron chi connectivity index (χ4n) is 5.21. The molecule has 0 saturated carbocycles. The second-order valence-corrected chi connectivity index (χ2v) is 10.3. The number of likely N-dealkylation sites (tertiary alicyclic amines) is 2. The van der Waals surface area contributed by atoms with Gasteiger partial charge >= 0.3 is 12.4 Å². The Labute approximate surface area is 224 Å². The molecule has 2 aliphatic rings. The number of hydrogen-bond donors (Lipinski definition) is 3. The van der Waals surface area contributed by atoms with Crippen molar-refractivity contribution in [1.29, 1.82) is 0 Å². The molecule has 0 spiro atoms. The van der Waals surface area contributed by atoms with Crippen LogP contribution in [0.3, 0.4) is 0 Å². The zero-order chi connectivity index (χ0) is 28.9. The standard InChI is InChI=1S/C14H19F3N2O.C13H17F3N2O/c1-20-13(11-3-2-4-12(18)9-11)5-7-19(8-6-13)10-14(15,16)17;14-13(15,16)9-18-6-4-12(19,5-7-18)10-2-1-3-11(17)8-10/h2-4,9H,5-8,10,18H2,1H3;1-3,8,19H,4-7,9,17H2. The Bertz CT molecular complexity index is 1060. The molecule has 5 N–H and O–H groups in total. The van der Waals surface area contributed by atoms with Crippen LogP contribution >= 0.6 is 0 Å². The third-order valence-electron chi connectivity index (χ3n) is 7.38. The van der Waals surface area contributed by atoms with Gasteiger partial charge in [-0.3, -0.25) is 9.80 Å². The Hall–Kier alpha value is -2.54. The highest BCUT2D eigenvalue weighted by atomic mass is 19.4. The van der Waals surface area contributed by atoms with Crippen molar-refractivity contribution in [2.24, 2.45) is 0 Å². The SMILES string of the molecule is COC1(c2cccc(N)c2)CCN(CC(F)(F)F)CC1.Nc1cccc(C2(O)CCN(CC(F)(F)F)CC2)c1. The molecule has 0 atom stereocenters. The minimum absolute atomic E-state index is 0.227. The van der Waals surface area contributed by atoms with Gasteiger partial charge in [0.2, 0.25) is 0 Å². The van der Waals surface area contributed by atoms with E-state index in [0.717, 1.165) is 5.56 Å². The Kier molecular flexibility index (Phi) is 9.79. The number of nitrogens with zero attached hydrogens (tertiary/aromatic N) is 2. The van der Waals surface area contributed by atoms with Crippen LogP contribution in [0, 0.1) is 0 Å². The van der Waals surface area contributed by atoms with Crippen molar-refractivity contribution in [3.8, 4) is 0 Å². The van der Waals surface area contributed by atoms with Crippen LogP contribution in [-0.4, -0.2) is 73.6 Å². The lowest BCUT2D eigenvalue weighted by molar-refractivity contribution is -0.157. The van der Waals surface area contributed by atoms with Crippen LogP contribution in [0.1, 0.15) is 36.8 Å². The maximum Gasteiger partial charge on any atom is 0.401 e. The number of anilines is 2. The second kappa shape index (κ2) is 12.3. The molecule has 0 unspecified atom stereocenters. The van der Waals surface area contributed by atoms with Gasteiger partial charge in [0.25, 0.3) is 0 Å². The quantitative estimate of drug-likeness (QED) is 0.356. The number of rotatable bonds is 5. The summed E-state index contributed by atoms with van der Waals surface area (Å²) in [4.78, 5) is 2.74. The number of methoxy groups -OCH3 is 1. The Morgan fingerprint density at radius 3 is 1.56 bits per heavy atom. The summed E-state index contributed by atoms with van der Waals surface area (Å²) in [6, 6.07) is 14.3. The highest BCUT2D eigenvalue weighted by Crippen LogP contribution is 2.38. The van der Waals surface area contributed by atoms with E-state index in [1.807, 2.05) is 18.2 Å². The van der Waals surface area contributed by atoms with Crippen molar-refractivity contribution < 1.29 is 36.2 Å². The molecular weight excluding hydrogens is 526 g/mol. The van der Waals surface area contributed by atoms with Crippen molar-refractivity contribution in [2.75, 3.05) is 57.8 Å². The van der Waals surface area contributed by atoms with Crippen LogP contribution in [0.15, 0.2) is 48.5 Å². The van der Waals surface area contributed by atoms with Gasteiger partial charge in [0, 0.05) is 44.7 Å². The largest absolute Gasteiger partial charge is 0.401 e. The maximum absolute atomic E-state index is 12.4. The first-order valence-corrected chi connectivity index (χ1v) is 12.7. The summed E-state index contributed by atoms with van der Waals surface area (Å²) < 4.78 is 79.7. The first-order valence-electron chi connectivity index (χ1n) is 12.7. The number of alkyl halides is 6. The summed E-state index contributed by atoms with van der Waals surface area (Å²) in [5.74, 6) is 0. The topological polar surface area (TPSA) is 88.0 Å². The van der Waals surface area contributed by atoms with Crippen LogP contribution in [-0.2, 0) is 15.9 Å². The zero-order valence-corrected chi connectivity index (χ0v) is 21.9. The van der Waals surface area contributed by atoms with Crippen molar-refractivity contribution in [2.45, 2.75) is 49.2 Å². The fraction of sp³-hybridized carbons (Fsp3) is 0.556. The molecule has 39 heavy (non-hydrogen) atoms. The van der Waals surface area contributed by atoms with E-state index in [-0.39, 0.29) is 25.9 Å². The molecule has 0 radical (unpaired) electrons. The Morgan fingerprint density at radius 2 is 1.15 bits per heavy atom. The van der Waals surface area contributed by atoms with Gasteiger partial charge in [0.1, 0.15) is 0 Å². The predicted octanol–water partition coefficient (Wildman–Crippen LogP) is 4.88. The Morgan fingerprint density at radius 1 is 0.744 bits per heavy atom. The van der Waals surface area contributed by atoms with Crippen molar-refractivity contribution in [3.05, 3.63) is 59.7 Å². The fourth-order valence-corrected chi connectivity index (χ4v) is 5.21. The van der Waals surface area contributed by atoms with Crippen LogP contribution in [0.2, 0.25) is 0 Å². The number of nitrogens with two attached hydrogens (primary N) is 2. The van der Waals surface area contributed by atoms with E-state index < -0.39 is 36.6 Å². The number of hydrogen-bond acceptors (Lipinski definition) is 6. The third kappa shape index (κ3) is 8.99. The molecule has 0 aliphatic carbocycles. The lowest BCUT2D eigenvalue weighted by Gasteiger charge is -2.41. The zero-order valence-electron chi connectivity index (χ0n) is 21.9. The lowest BCUT2D eigenvalue weighted by Crippen LogP contribution is -2.46. The van der Waals surface area contributed by atoms with E-state index >= 15 is 0 Å². The Balaban J connectivity index is 0.000000216. The minimum Gasteiger partial charge on any atom is -0.399 e. The number of halogens is 6. The molecule has 2 aromatic rings.